The minimum atomic E-state index is -0.386. The maximum absolute atomic E-state index is 12.7. The maximum Gasteiger partial charge on any atom is 0.274 e. The number of carbonyl (C=O) groups excluding carboxylic acids is 1. The Labute approximate surface area is 196 Å². The Balaban J connectivity index is 1.49. The first-order valence-electron chi connectivity index (χ1n) is 10.5. The van der Waals surface area contributed by atoms with E-state index in [2.05, 4.69) is 15.2 Å². The zero-order valence-electron chi connectivity index (χ0n) is 18.2. The molecule has 3 aromatic rings. The van der Waals surface area contributed by atoms with Crippen molar-refractivity contribution >= 4 is 34.3 Å². The number of amides is 1. The molecular weight excluding hydrogens is 436 g/mol. The molecule has 9 heteroatoms. The van der Waals surface area contributed by atoms with Crippen LogP contribution in [0.5, 0.6) is 0 Å². The van der Waals surface area contributed by atoms with Gasteiger partial charge in [0.2, 0.25) is 0 Å². The Kier molecular flexibility index (Phi) is 6.79. The van der Waals surface area contributed by atoms with Gasteiger partial charge in [-0.15, -0.1) is 11.3 Å². The lowest BCUT2D eigenvalue weighted by Gasteiger charge is -2.25. The van der Waals surface area contributed by atoms with Gasteiger partial charge in [0.05, 0.1) is 29.4 Å². The average Bonchev–Trinajstić information content (AvgIpc) is 3.28. The normalized spacial score (nSPS) is 13.9. The number of nitrogens with two attached hydrogens (primary N) is 1. The molecule has 2 aromatic heterocycles. The SMILES string of the molecule is Cc1cc(C#N)cnc1C(=O)Nc1ccc(N)c(C(=N)c2ccc(CN3CCOCC3)s2)c1. The Morgan fingerprint density at radius 3 is 2.82 bits per heavy atom. The van der Waals surface area contributed by atoms with Crippen LogP contribution in [0.2, 0.25) is 0 Å². The van der Waals surface area contributed by atoms with Crippen molar-refractivity contribution in [3.8, 4) is 6.07 Å². The van der Waals surface area contributed by atoms with Crippen molar-refractivity contribution < 1.29 is 9.53 Å². The lowest BCUT2D eigenvalue weighted by atomic mass is 10.1. The zero-order valence-corrected chi connectivity index (χ0v) is 19.0. The van der Waals surface area contributed by atoms with Gasteiger partial charge in [-0.2, -0.15) is 5.26 Å². The minimum Gasteiger partial charge on any atom is -0.398 e. The highest BCUT2D eigenvalue weighted by Gasteiger charge is 2.17. The molecule has 8 nitrogen and oxygen atoms in total. The predicted molar refractivity (Wildman–Crippen MR) is 129 cm³/mol. The quantitative estimate of drug-likeness (QED) is 0.382. The number of rotatable bonds is 6. The maximum atomic E-state index is 12.7. The van der Waals surface area contributed by atoms with Crippen molar-refractivity contribution in [2.24, 2.45) is 0 Å². The van der Waals surface area contributed by atoms with Gasteiger partial charge < -0.3 is 15.8 Å². The third-order valence-corrected chi connectivity index (χ3v) is 6.48. The van der Waals surface area contributed by atoms with Gasteiger partial charge in [0, 0.05) is 47.6 Å². The number of pyridine rings is 1. The summed E-state index contributed by atoms with van der Waals surface area (Å²) >= 11 is 1.57. The van der Waals surface area contributed by atoms with Crippen LogP contribution in [0.25, 0.3) is 0 Å². The standard InChI is InChI=1S/C24H24N6O2S/c1-15-10-16(12-25)13-28-23(15)24(31)29-17-2-4-20(26)19(11-17)22(27)21-5-3-18(33-21)14-30-6-8-32-9-7-30/h2-5,10-11,13,27H,6-9,14,26H2,1H3,(H,29,31). The molecule has 1 saturated heterocycles. The molecule has 0 radical (unpaired) electrons. The van der Waals surface area contributed by atoms with E-state index in [1.54, 1.807) is 42.5 Å². The van der Waals surface area contributed by atoms with Gasteiger partial charge in [-0.05, 0) is 48.9 Å². The van der Waals surface area contributed by atoms with Gasteiger partial charge in [-0.1, -0.05) is 0 Å². The van der Waals surface area contributed by atoms with Crippen LogP contribution < -0.4 is 11.1 Å². The summed E-state index contributed by atoms with van der Waals surface area (Å²) in [5, 5.41) is 20.5. The van der Waals surface area contributed by atoms with Crippen LogP contribution in [0.1, 0.15) is 36.9 Å². The number of aryl methyl sites for hydroxylation is 1. The molecule has 0 bridgehead atoms. The molecule has 1 aliphatic heterocycles. The van der Waals surface area contributed by atoms with Gasteiger partial charge >= 0.3 is 0 Å². The molecule has 1 aromatic carbocycles. The zero-order chi connectivity index (χ0) is 23.4. The predicted octanol–water partition coefficient (Wildman–Crippen LogP) is 3.41. The number of nitriles is 1. The fourth-order valence-electron chi connectivity index (χ4n) is 3.62. The van der Waals surface area contributed by atoms with Crippen LogP contribution >= 0.6 is 11.3 Å². The summed E-state index contributed by atoms with van der Waals surface area (Å²) in [4.78, 5) is 21.2. The number of morpholine rings is 1. The molecular formula is C24H24N6O2S. The van der Waals surface area contributed by atoms with Crippen LogP contribution in [0.4, 0.5) is 11.4 Å². The molecule has 0 spiro atoms. The second-order valence-corrected chi connectivity index (χ2v) is 8.96. The molecule has 3 heterocycles. The van der Waals surface area contributed by atoms with Crippen molar-refractivity contribution in [1.82, 2.24) is 9.88 Å². The number of hydrogen-bond acceptors (Lipinski definition) is 8. The van der Waals surface area contributed by atoms with E-state index in [-0.39, 0.29) is 11.6 Å². The summed E-state index contributed by atoms with van der Waals surface area (Å²) in [6, 6.07) is 12.7. The third kappa shape index (κ3) is 5.26. The summed E-state index contributed by atoms with van der Waals surface area (Å²) < 4.78 is 5.40. The first-order valence-corrected chi connectivity index (χ1v) is 11.3. The molecule has 1 amide bonds. The van der Waals surface area contributed by atoms with Crippen LogP contribution in [-0.4, -0.2) is 47.8 Å². The van der Waals surface area contributed by atoms with E-state index in [1.165, 1.54) is 11.1 Å². The summed E-state index contributed by atoms with van der Waals surface area (Å²) in [7, 11) is 0. The molecule has 168 valence electrons. The second kappa shape index (κ2) is 9.92. The first kappa shape index (κ1) is 22.6. The number of thiophene rings is 1. The molecule has 33 heavy (non-hydrogen) atoms. The number of hydrogen-bond donors (Lipinski definition) is 3. The van der Waals surface area contributed by atoms with Crippen molar-refractivity contribution in [1.29, 1.82) is 10.7 Å². The molecule has 0 unspecified atom stereocenters. The van der Waals surface area contributed by atoms with E-state index in [1.807, 2.05) is 18.2 Å². The molecule has 1 aliphatic rings. The average molecular weight is 461 g/mol. The topological polar surface area (TPSA) is 128 Å². The van der Waals surface area contributed by atoms with Crippen LogP contribution in [-0.2, 0) is 11.3 Å². The fraction of sp³-hybridized carbons (Fsp3) is 0.250. The number of ether oxygens (including phenoxy) is 1. The van der Waals surface area contributed by atoms with E-state index >= 15 is 0 Å². The van der Waals surface area contributed by atoms with Gasteiger partial charge in [-0.3, -0.25) is 15.1 Å². The van der Waals surface area contributed by atoms with Crippen LogP contribution in [0.3, 0.4) is 0 Å². The van der Waals surface area contributed by atoms with Gasteiger partial charge in [0.15, 0.2) is 0 Å². The molecule has 1 fully saturated rings. The highest BCUT2D eigenvalue weighted by atomic mass is 32.1. The van der Waals surface area contributed by atoms with Crippen LogP contribution in [0, 0.1) is 23.7 Å². The van der Waals surface area contributed by atoms with E-state index in [0.717, 1.165) is 37.7 Å². The van der Waals surface area contributed by atoms with Crippen molar-refractivity contribution in [2.75, 3.05) is 37.4 Å². The lowest BCUT2D eigenvalue weighted by Crippen LogP contribution is -2.35. The number of anilines is 2. The summed E-state index contributed by atoms with van der Waals surface area (Å²) in [5.41, 5.74) is 9.28. The Bertz CT molecular complexity index is 1240. The van der Waals surface area contributed by atoms with E-state index < -0.39 is 0 Å². The number of aromatic nitrogens is 1. The molecule has 0 aliphatic carbocycles. The molecule has 0 saturated carbocycles. The number of carbonyl (C=O) groups is 1. The smallest absolute Gasteiger partial charge is 0.274 e. The molecule has 4 rings (SSSR count). The highest BCUT2D eigenvalue weighted by molar-refractivity contribution is 7.14. The first-order chi connectivity index (χ1) is 15.9. The molecule has 0 atom stereocenters. The van der Waals surface area contributed by atoms with E-state index in [9.17, 15) is 4.79 Å². The minimum absolute atomic E-state index is 0.244. The Morgan fingerprint density at radius 1 is 1.30 bits per heavy atom. The summed E-state index contributed by atoms with van der Waals surface area (Å²) in [6.45, 7) is 5.89. The summed E-state index contributed by atoms with van der Waals surface area (Å²) in [6.07, 6.45) is 1.37. The lowest BCUT2D eigenvalue weighted by molar-refractivity contribution is 0.0346. The van der Waals surface area contributed by atoms with Crippen LogP contribution in [0.15, 0.2) is 42.6 Å². The highest BCUT2D eigenvalue weighted by Crippen LogP contribution is 2.26. The van der Waals surface area contributed by atoms with Gasteiger partial charge in [0.25, 0.3) is 5.91 Å². The van der Waals surface area contributed by atoms with E-state index in [0.29, 0.717) is 33.8 Å². The largest absolute Gasteiger partial charge is 0.398 e. The second-order valence-electron chi connectivity index (χ2n) is 7.79. The van der Waals surface area contributed by atoms with Gasteiger partial charge in [0.1, 0.15) is 11.8 Å². The van der Waals surface area contributed by atoms with Gasteiger partial charge in [-0.25, -0.2) is 4.98 Å². The Morgan fingerprint density at radius 2 is 2.09 bits per heavy atom. The van der Waals surface area contributed by atoms with Crippen molar-refractivity contribution in [3.63, 3.8) is 0 Å². The number of nitrogen functional groups attached to an aromatic ring is 1. The fourth-order valence-corrected chi connectivity index (χ4v) is 4.64. The van der Waals surface area contributed by atoms with Crippen molar-refractivity contribution in [3.05, 3.63) is 74.7 Å². The number of nitrogens with one attached hydrogen (secondary N) is 2. The van der Waals surface area contributed by atoms with E-state index in [4.69, 9.17) is 21.1 Å². The van der Waals surface area contributed by atoms with Crippen molar-refractivity contribution in [2.45, 2.75) is 13.5 Å². The third-order valence-electron chi connectivity index (χ3n) is 5.39. The monoisotopic (exact) mass is 460 g/mol. The number of nitrogens with zero attached hydrogens (tertiary/aromatic N) is 3. The summed E-state index contributed by atoms with van der Waals surface area (Å²) in [5.74, 6) is -0.386. The number of benzene rings is 1. The Hall–Kier alpha value is -3.58. The molecule has 4 N–H and O–H groups in total.